The van der Waals surface area contributed by atoms with Crippen LogP contribution in [-0.4, -0.2) is 69.2 Å². The van der Waals surface area contributed by atoms with Gasteiger partial charge >= 0.3 is 0 Å². The van der Waals surface area contributed by atoms with Crippen LogP contribution >= 0.6 is 11.3 Å². The van der Waals surface area contributed by atoms with Gasteiger partial charge in [-0.1, -0.05) is 0 Å². The number of hydrogen-bond acceptors (Lipinski definition) is 5. The molecule has 1 amide bonds. The molecular weight excluding hydrogens is 336 g/mol. The number of rotatable bonds is 2. The van der Waals surface area contributed by atoms with Gasteiger partial charge in [0.1, 0.15) is 0 Å². The Hall–Kier alpha value is -0.960. The molecule has 0 atom stereocenters. The summed E-state index contributed by atoms with van der Waals surface area (Å²) in [6, 6.07) is 1.84. The van der Waals surface area contributed by atoms with Crippen molar-refractivity contribution in [2.75, 3.05) is 45.6 Å². The van der Waals surface area contributed by atoms with Crippen LogP contribution in [0.15, 0.2) is 16.8 Å². The molecule has 1 spiro atoms. The van der Waals surface area contributed by atoms with Crippen molar-refractivity contribution in [1.82, 2.24) is 9.21 Å². The molecule has 0 aromatic carbocycles. The average molecular weight is 358 g/mol. The van der Waals surface area contributed by atoms with Crippen LogP contribution in [0.25, 0.3) is 0 Å². The highest BCUT2D eigenvalue weighted by atomic mass is 32.2. The molecule has 6 nitrogen and oxygen atoms in total. The first-order chi connectivity index (χ1) is 10.9. The molecule has 1 aromatic rings. The van der Waals surface area contributed by atoms with Gasteiger partial charge in [0.15, 0.2) is 0 Å². The Morgan fingerprint density at radius 2 is 2.04 bits per heavy atom. The molecule has 0 radical (unpaired) electrons. The number of ether oxygens (including phenoxy) is 1. The van der Waals surface area contributed by atoms with E-state index in [9.17, 15) is 13.2 Å². The van der Waals surface area contributed by atoms with Crippen molar-refractivity contribution < 1.29 is 17.9 Å². The molecule has 2 fully saturated rings. The summed E-state index contributed by atoms with van der Waals surface area (Å²) in [4.78, 5) is 14.3. The maximum atomic E-state index is 12.4. The Morgan fingerprint density at radius 3 is 2.65 bits per heavy atom. The molecule has 8 heteroatoms. The standard InChI is InChI=1S/C15H22N2O4S2/c1-23(19,20)17-7-8-21-12-15(11-17)3-5-16(6-4-15)14(18)13-2-9-22-10-13/h2,9-10H,3-8,11-12H2,1H3. The molecule has 0 unspecified atom stereocenters. The highest BCUT2D eigenvalue weighted by molar-refractivity contribution is 7.88. The molecule has 23 heavy (non-hydrogen) atoms. The fourth-order valence-electron chi connectivity index (χ4n) is 3.29. The second kappa shape index (κ2) is 6.51. The molecule has 2 saturated heterocycles. The molecule has 0 saturated carbocycles. The van der Waals surface area contributed by atoms with Gasteiger partial charge < -0.3 is 9.64 Å². The largest absolute Gasteiger partial charge is 0.379 e. The van der Waals surface area contributed by atoms with Gasteiger partial charge in [-0.3, -0.25) is 4.79 Å². The normalized spacial score (nSPS) is 22.9. The van der Waals surface area contributed by atoms with E-state index < -0.39 is 10.0 Å². The number of piperidine rings is 1. The maximum absolute atomic E-state index is 12.4. The Morgan fingerprint density at radius 1 is 1.30 bits per heavy atom. The van der Waals surface area contributed by atoms with Crippen molar-refractivity contribution in [2.45, 2.75) is 12.8 Å². The summed E-state index contributed by atoms with van der Waals surface area (Å²) in [7, 11) is -3.22. The van der Waals surface area contributed by atoms with Gasteiger partial charge in [0.2, 0.25) is 10.0 Å². The van der Waals surface area contributed by atoms with Crippen molar-refractivity contribution in [3.63, 3.8) is 0 Å². The second-order valence-electron chi connectivity index (χ2n) is 6.45. The first-order valence-electron chi connectivity index (χ1n) is 7.74. The number of carbonyl (C=O) groups is 1. The third-order valence-corrected chi connectivity index (χ3v) is 6.69. The maximum Gasteiger partial charge on any atom is 0.254 e. The summed E-state index contributed by atoms with van der Waals surface area (Å²) >= 11 is 1.52. The highest BCUT2D eigenvalue weighted by Crippen LogP contribution is 2.35. The Bertz CT molecular complexity index is 649. The molecular formula is C15H22N2O4S2. The van der Waals surface area contributed by atoms with E-state index in [2.05, 4.69) is 0 Å². The molecule has 3 rings (SSSR count). The first kappa shape index (κ1) is 16.9. The summed E-state index contributed by atoms with van der Waals surface area (Å²) in [6.45, 7) is 3.21. The smallest absolute Gasteiger partial charge is 0.254 e. The quantitative estimate of drug-likeness (QED) is 0.798. The third-order valence-electron chi connectivity index (χ3n) is 4.75. The lowest BCUT2D eigenvalue weighted by molar-refractivity contribution is 0.0179. The number of sulfonamides is 1. The predicted octanol–water partition coefficient (Wildman–Crippen LogP) is 1.26. The first-order valence-corrected chi connectivity index (χ1v) is 10.5. The fourth-order valence-corrected chi connectivity index (χ4v) is 4.84. The van der Waals surface area contributed by atoms with E-state index in [0.29, 0.717) is 39.4 Å². The summed E-state index contributed by atoms with van der Waals surface area (Å²) < 4.78 is 31.0. The number of carbonyl (C=O) groups excluding carboxylic acids is 1. The van der Waals surface area contributed by atoms with Crippen molar-refractivity contribution in [3.8, 4) is 0 Å². The average Bonchev–Trinajstić information content (AvgIpc) is 2.96. The zero-order chi connectivity index (χ0) is 16.5. The molecule has 0 aliphatic carbocycles. The van der Waals surface area contributed by atoms with E-state index in [1.165, 1.54) is 21.9 Å². The van der Waals surface area contributed by atoms with Crippen LogP contribution in [-0.2, 0) is 14.8 Å². The lowest BCUT2D eigenvalue weighted by Crippen LogP contribution is -2.49. The number of likely N-dealkylation sites (tertiary alicyclic amines) is 1. The Kier molecular flexibility index (Phi) is 4.78. The number of amides is 1. The van der Waals surface area contributed by atoms with Crippen LogP contribution in [0.2, 0.25) is 0 Å². The van der Waals surface area contributed by atoms with E-state index in [-0.39, 0.29) is 11.3 Å². The van der Waals surface area contributed by atoms with Gasteiger partial charge in [-0.2, -0.15) is 15.6 Å². The van der Waals surface area contributed by atoms with Gasteiger partial charge in [-0.25, -0.2) is 8.42 Å². The number of nitrogens with zero attached hydrogens (tertiary/aromatic N) is 2. The van der Waals surface area contributed by atoms with Crippen LogP contribution in [0.1, 0.15) is 23.2 Å². The van der Waals surface area contributed by atoms with E-state index in [1.54, 1.807) is 0 Å². The van der Waals surface area contributed by atoms with Crippen LogP contribution < -0.4 is 0 Å². The second-order valence-corrected chi connectivity index (χ2v) is 9.22. The van der Waals surface area contributed by atoms with Gasteiger partial charge in [0, 0.05) is 37.0 Å². The molecule has 2 aliphatic rings. The number of thiophene rings is 1. The van der Waals surface area contributed by atoms with Gasteiger partial charge in [0.05, 0.1) is 25.0 Å². The minimum Gasteiger partial charge on any atom is -0.379 e. The zero-order valence-electron chi connectivity index (χ0n) is 13.2. The highest BCUT2D eigenvalue weighted by Gasteiger charge is 2.41. The summed E-state index contributed by atoms with van der Waals surface area (Å²) in [6.07, 6.45) is 2.80. The SMILES string of the molecule is CS(=O)(=O)N1CCOCC2(CCN(C(=O)c3ccsc3)CC2)C1. The molecule has 128 valence electrons. The van der Waals surface area contributed by atoms with Crippen LogP contribution in [0, 0.1) is 5.41 Å². The van der Waals surface area contributed by atoms with E-state index in [1.807, 2.05) is 21.7 Å². The molecule has 0 bridgehead atoms. The third kappa shape index (κ3) is 3.76. The van der Waals surface area contributed by atoms with E-state index >= 15 is 0 Å². The molecule has 0 N–H and O–H groups in total. The Labute approximate surface area is 141 Å². The molecule has 1 aromatic heterocycles. The van der Waals surface area contributed by atoms with Crippen molar-refractivity contribution in [1.29, 1.82) is 0 Å². The van der Waals surface area contributed by atoms with Gasteiger partial charge in [0.25, 0.3) is 5.91 Å². The van der Waals surface area contributed by atoms with Crippen LogP contribution in [0.4, 0.5) is 0 Å². The van der Waals surface area contributed by atoms with Crippen LogP contribution in [0.3, 0.4) is 0 Å². The lowest BCUT2D eigenvalue weighted by atomic mass is 9.79. The molecule has 2 aliphatic heterocycles. The summed E-state index contributed by atoms with van der Waals surface area (Å²) in [5.41, 5.74) is 0.561. The summed E-state index contributed by atoms with van der Waals surface area (Å²) in [5, 5.41) is 3.77. The minimum absolute atomic E-state index is 0.0654. The minimum atomic E-state index is -3.22. The number of hydrogen-bond donors (Lipinski definition) is 0. The van der Waals surface area contributed by atoms with Crippen molar-refractivity contribution in [2.24, 2.45) is 5.41 Å². The molecule has 3 heterocycles. The van der Waals surface area contributed by atoms with Gasteiger partial charge in [-0.15, -0.1) is 0 Å². The topological polar surface area (TPSA) is 66.9 Å². The monoisotopic (exact) mass is 358 g/mol. The van der Waals surface area contributed by atoms with E-state index in [4.69, 9.17) is 4.74 Å². The van der Waals surface area contributed by atoms with E-state index in [0.717, 1.165) is 18.4 Å². The lowest BCUT2D eigenvalue weighted by Gasteiger charge is -2.42. The van der Waals surface area contributed by atoms with Crippen molar-refractivity contribution >= 4 is 27.3 Å². The van der Waals surface area contributed by atoms with Gasteiger partial charge in [-0.05, 0) is 24.3 Å². The fraction of sp³-hybridized carbons (Fsp3) is 0.667. The zero-order valence-corrected chi connectivity index (χ0v) is 14.9. The van der Waals surface area contributed by atoms with Crippen molar-refractivity contribution in [3.05, 3.63) is 22.4 Å². The summed E-state index contributed by atoms with van der Waals surface area (Å²) in [5.74, 6) is 0.0654. The predicted molar refractivity (Wildman–Crippen MR) is 89.1 cm³/mol. The Balaban J connectivity index is 1.68. The van der Waals surface area contributed by atoms with Crippen LogP contribution in [0.5, 0.6) is 0 Å².